The number of carboxylic acid groups (broad SMARTS) is 1. The summed E-state index contributed by atoms with van der Waals surface area (Å²) in [6, 6.07) is 9.77. The summed E-state index contributed by atoms with van der Waals surface area (Å²) in [6.07, 6.45) is 0.895. The lowest BCUT2D eigenvalue weighted by Gasteiger charge is -2.14. The lowest BCUT2D eigenvalue weighted by molar-refractivity contribution is 0.0697. The van der Waals surface area contributed by atoms with Crippen molar-refractivity contribution >= 4 is 66.8 Å². The van der Waals surface area contributed by atoms with Crippen LogP contribution in [-0.2, 0) is 0 Å². The number of hydrogen-bond acceptors (Lipinski definition) is 4. The molecule has 2 aromatic rings. The average molecular weight is 516 g/mol. The Hall–Kier alpha value is -1.97. The van der Waals surface area contributed by atoms with E-state index in [0.29, 0.717) is 26.9 Å². The minimum atomic E-state index is -1.13. The van der Waals surface area contributed by atoms with Crippen LogP contribution in [0.4, 0.5) is 5.69 Å². The SMILES string of the molecule is CCCOc1ccc(C(=O)NC(=S)Nc2c(Br)cc(Br)cc2C(=O)O)cc1. The second-order valence-corrected chi connectivity index (χ2v) is 7.57. The van der Waals surface area contributed by atoms with E-state index in [9.17, 15) is 14.7 Å². The molecule has 0 fully saturated rings. The number of hydrogen-bond donors (Lipinski definition) is 3. The molecule has 27 heavy (non-hydrogen) atoms. The summed E-state index contributed by atoms with van der Waals surface area (Å²) >= 11 is 11.7. The molecule has 1 amide bonds. The molecule has 0 radical (unpaired) electrons. The van der Waals surface area contributed by atoms with E-state index in [0.717, 1.165) is 6.42 Å². The monoisotopic (exact) mass is 514 g/mol. The number of thiocarbonyl (C=S) groups is 1. The van der Waals surface area contributed by atoms with Crippen molar-refractivity contribution in [3.63, 3.8) is 0 Å². The number of rotatable bonds is 6. The molecule has 142 valence electrons. The van der Waals surface area contributed by atoms with Crippen molar-refractivity contribution in [1.82, 2.24) is 5.32 Å². The van der Waals surface area contributed by atoms with E-state index in [4.69, 9.17) is 17.0 Å². The van der Waals surface area contributed by atoms with Crippen LogP contribution in [-0.4, -0.2) is 28.7 Å². The molecule has 0 aliphatic rings. The fourth-order valence-electron chi connectivity index (χ4n) is 2.11. The molecule has 2 aromatic carbocycles. The maximum absolute atomic E-state index is 12.3. The summed E-state index contributed by atoms with van der Waals surface area (Å²) in [4.78, 5) is 23.7. The van der Waals surface area contributed by atoms with Gasteiger partial charge in [0.2, 0.25) is 0 Å². The van der Waals surface area contributed by atoms with Gasteiger partial charge in [0.25, 0.3) is 5.91 Å². The topological polar surface area (TPSA) is 87.7 Å². The van der Waals surface area contributed by atoms with Crippen LogP contribution in [0.5, 0.6) is 5.75 Å². The molecule has 0 aliphatic carbocycles. The number of halogens is 2. The van der Waals surface area contributed by atoms with Crippen LogP contribution in [0.1, 0.15) is 34.1 Å². The quantitative estimate of drug-likeness (QED) is 0.478. The molecule has 0 atom stereocenters. The summed E-state index contributed by atoms with van der Waals surface area (Å²) in [6.45, 7) is 2.61. The van der Waals surface area contributed by atoms with Crippen molar-refractivity contribution in [2.75, 3.05) is 11.9 Å². The Kier molecular flexibility index (Phi) is 7.76. The van der Waals surface area contributed by atoms with Gasteiger partial charge in [-0.15, -0.1) is 0 Å². The molecular weight excluding hydrogens is 500 g/mol. The van der Waals surface area contributed by atoms with Crippen LogP contribution < -0.4 is 15.4 Å². The minimum Gasteiger partial charge on any atom is -0.494 e. The second kappa shape index (κ2) is 9.82. The van der Waals surface area contributed by atoms with E-state index in [-0.39, 0.29) is 16.4 Å². The number of aromatic carboxylic acids is 1. The summed E-state index contributed by atoms with van der Waals surface area (Å²) in [5.74, 6) is -0.866. The molecule has 6 nitrogen and oxygen atoms in total. The molecule has 9 heteroatoms. The first-order valence-corrected chi connectivity index (χ1v) is 9.88. The number of benzene rings is 2. The van der Waals surface area contributed by atoms with E-state index in [1.54, 1.807) is 30.3 Å². The van der Waals surface area contributed by atoms with E-state index >= 15 is 0 Å². The third kappa shape index (κ3) is 6.02. The summed E-state index contributed by atoms with van der Waals surface area (Å²) < 4.78 is 6.56. The third-order valence-corrected chi connectivity index (χ3v) is 4.63. The molecule has 0 bridgehead atoms. The fraction of sp³-hybridized carbons (Fsp3) is 0.167. The van der Waals surface area contributed by atoms with Gasteiger partial charge in [0.1, 0.15) is 5.75 Å². The van der Waals surface area contributed by atoms with Gasteiger partial charge in [0.15, 0.2) is 5.11 Å². The first-order valence-electron chi connectivity index (χ1n) is 7.89. The van der Waals surface area contributed by atoms with Crippen molar-refractivity contribution < 1.29 is 19.4 Å². The van der Waals surface area contributed by atoms with Crippen LogP contribution in [0, 0.1) is 0 Å². The number of nitrogens with one attached hydrogen (secondary N) is 2. The number of carbonyl (C=O) groups excluding carboxylic acids is 1. The highest BCUT2D eigenvalue weighted by molar-refractivity contribution is 9.11. The molecule has 0 heterocycles. The molecule has 0 aromatic heterocycles. The van der Waals surface area contributed by atoms with Crippen LogP contribution >= 0.6 is 44.1 Å². The highest BCUT2D eigenvalue weighted by Gasteiger charge is 2.17. The van der Waals surface area contributed by atoms with Crippen LogP contribution in [0.25, 0.3) is 0 Å². The zero-order chi connectivity index (χ0) is 20.0. The van der Waals surface area contributed by atoms with Crippen molar-refractivity contribution in [2.45, 2.75) is 13.3 Å². The van der Waals surface area contributed by atoms with E-state index in [1.807, 2.05) is 6.92 Å². The Morgan fingerprint density at radius 3 is 2.44 bits per heavy atom. The molecule has 0 aliphatic heterocycles. The lowest BCUT2D eigenvalue weighted by atomic mass is 10.2. The van der Waals surface area contributed by atoms with Crippen molar-refractivity contribution in [3.8, 4) is 5.75 Å². The van der Waals surface area contributed by atoms with Crippen LogP contribution in [0.3, 0.4) is 0 Å². The van der Waals surface area contributed by atoms with Crippen LogP contribution in [0.15, 0.2) is 45.3 Å². The van der Waals surface area contributed by atoms with Crippen molar-refractivity contribution in [3.05, 3.63) is 56.5 Å². The fourth-order valence-corrected chi connectivity index (χ4v) is 3.63. The predicted octanol–water partition coefficient (Wildman–Crippen LogP) is 4.83. The lowest BCUT2D eigenvalue weighted by Crippen LogP contribution is -2.34. The maximum Gasteiger partial charge on any atom is 0.337 e. The zero-order valence-electron chi connectivity index (χ0n) is 14.2. The number of ether oxygens (including phenoxy) is 1. The molecule has 0 spiro atoms. The molecule has 0 saturated heterocycles. The largest absolute Gasteiger partial charge is 0.494 e. The number of anilines is 1. The summed E-state index contributed by atoms with van der Waals surface area (Å²) in [5.41, 5.74) is 0.654. The molecular formula is C18H16Br2N2O4S. The van der Waals surface area contributed by atoms with Gasteiger partial charge >= 0.3 is 5.97 Å². The van der Waals surface area contributed by atoms with E-state index in [2.05, 4.69) is 42.5 Å². The Morgan fingerprint density at radius 1 is 1.19 bits per heavy atom. The molecule has 2 rings (SSSR count). The maximum atomic E-state index is 12.3. The Morgan fingerprint density at radius 2 is 1.85 bits per heavy atom. The smallest absolute Gasteiger partial charge is 0.337 e. The number of carboxylic acids is 1. The van der Waals surface area contributed by atoms with Gasteiger partial charge < -0.3 is 15.2 Å². The number of amides is 1. The second-order valence-electron chi connectivity index (χ2n) is 5.40. The minimum absolute atomic E-state index is 0.00488. The first kappa shape index (κ1) is 21.3. The van der Waals surface area contributed by atoms with E-state index < -0.39 is 11.9 Å². The van der Waals surface area contributed by atoms with Gasteiger partial charge in [-0.3, -0.25) is 10.1 Å². The Bertz CT molecular complexity index is 872. The number of carbonyl (C=O) groups is 2. The van der Waals surface area contributed by atoms with Crippen molar-refractivity contribution in [2.24, 2.45) is 0 Å². The average Bonchev–Trinajstić information content (AvgIpc) is 2.62. The van der Waals surface area contributed by atoms with Crippen LogP contribution in [0.2, 0.25) is 0 Å². The molecule has 3 N–H and O–H groups in total. The highest BCUT2D eigenvalue weighted by atomic mass is 79.9. The third-order valence-electron chi connectivity index (χ3n) is 3.34. The van der Waals surface area contributed by atoms with Gasteiger partial charge in [0, 0.05) is 14.5 Å². The Balaban J connectivity index is 2.07. The zero-order valence-corrected chi connectivity index (χ0v) is 18.2. The van der Waals surface area contributed by atoms with Gasteiger partial charge in [0.05, 0.1) is 17.9 Å². The molecule has 0 saturated carbocycles. The highest BCUT2D eigenvalue weighted by Crippen LogP contribution is 2.30. The van der Waals surface area contributed by atoms with Gasteiger partial charge in [-0.05, 0) is 71.0 Å². The predicted molar refractivity (Wildman–Crippen MR) is 115 cm³/mol. The Labute approximate surface area is 178 Å². The molecule has 0 unspecified atom stereocenters. The first-order chi connectivity index (χ1) is 12.8. The van der Waals surface area contributed by atoms with Gasteiger partial charge in [-0.1, -0.05) is 22.9 Å². The van der Waals surface area contributed by atoms with E-state index in [1.165, 1.54) is 6.07 Å². The summed E-state index contributed by atoms with van der Waals surface area (Å²) in [7, 11) is 0. The standard InChI is InChI=1S/C18H16Br2N2O4S/c1-2-7-26-12-5-3-10(4-6-12)16(23)22-18(27)21-15-13(17(24)25)8-11(19)9-14(15)20/h3-6,8-9H,2,7H2,1H3,(H,24,25)(H2,21,22,23,27). The van der Waals surface area contributed by atoms with Crippen molar-refractivity contribution in [1.29, 1.82) is 0 Å². The van der Waals surface area contributed by atoms with Gasteiger partial charge in [-0.25, -0.2) is 4.79 Å². The normalized spacial score (nSPS) is 10.2. The van der Waals surface area contributed by atoms with Gasteiger partial charge in [-0.2, -0.15) is 0 Å². The summed E-state index contributed by atoms with van der Waals surface area (Å²) in [5, 5.41) is 14.6.